The molecule has 1 fully saturated rings. The van der Waals surface area contributed by atoms with Gasteiger partial charge in [0, 0.05) is 25.2 Å². The van der Waals surface area contributed by atoms with Crippen molar-refractivity contribution in [3.05, 3.63) is 63.2 Å². The van der Waals surface area contributed by atoms with Gasteiger partial charge < -0.3 is 14.8 Å². The van der Waals surface area contributed by atoms with Crippen LogP contribution in [-0.4, -0.2) is 42.0 Å². The number of nitro groups is 1. The Labute approximate surface area is 188 Å². The van der Waals surface area contributed by atoms with Crippen LogP contribution in [0.1, 0.15) is 54.6 Å². The van der Waals surface area contributed by atoms with Gasteiger partial charge in [0.05, 0.1) is 24.7 Å². The molecule has 0 aliphatic carbocycles. The number of carbonyl (C=O) groups excluding carboxylic acids is 1. The van der Waals surface area contributed by atoms with Crippen molar-refractivity contribution in [2.24, 2.45) is 0 Å². The summed E-state index contributed by atoms with van der Waals surface area (Å²) in [6, 6.07) is 11.3. The van der Waals surface area contributed by atoms with E-state index >= 15 is 0 Å². The molecule has 1 atom stereocenters. The lowest BCUT2D eigenvalue weighted by Crippen LogP contribution is -2.36. The van der Waals surface area contributed by atoms with E-state index in [9.17, 15) is 14.9 Å². The number of nitrogens with zero attached hydrogens (tertiary/aromatic N) is 2. The standard InChI is InChI=1S/C24H31N3O5/c1-4-32-23-13-20(21(27(29)30)14-22(23)31-3)24(28)25-15-18-8-10-19(11-9-18)16-26-12-6-5-7-17(26)2/h8-11,13-14,17H,4-7,12,15-16H2,1-3H3,(H,25,28). The molecule has 1 aliphatic rings. The van der Waals surface area contributed by atoms with Crippen molar-refractivity contribution in [3.8, 4) is 11.5 Å². The monoisotopic (exact) mass is 441 g/mol. The highest BCUT2D eigenvalue weighted by Crippen LogP contribution is 2.34. The van der Waals surface area contributed by atoms with Crippen LogP contribution in [0.3, 0.4) is 0 Å². The van der Waals surface area contributed by atoms with Crippen molar-refractivity contribution in [1.29, 1.82) is 0 Å². The zero-order valence-electron chi connectivity index (χ0n) is 18.9. The Balaban J connectivity index is 1.67. The van der Waals surface area contributed by atoms with Gasteiger partial charge in [0.2, 0.25) is 0 Å². The smallest absolute Gasteiger partial charge is 0.286 e. The van der Waals surface area contributed by atoms with E-state index in [-0.39, 0.29) is 23.5 Å². The summed E-state index contributed by atoms with van der Waals surface area (Å²) >= 11 is 0. The molecule has 8 nitrogen and oxygen atoms in total. The molecular weight excluding hydrogens is 410 g/mol. The van der Waals surface area contributed by atoms with Crippen molar-refractivity contribution >= 4 is 11.6 Å². The SMILES string of the molecule is CCOc1cc(C(=O)NCc2ccc(CN3CCCCC3C)cc2)c([N+](=O)[O-])cc1OC. The predicted molar refractivity (Wildman–Crippen MR) is 122 cm³/mol. The lowest BCUT2D eigenvalue weighted by Gasteiger charge is -2.33. The number of piperidine rings is 1. The van der Waals surface area contributed by atoms with Gasteiger partial charge in [-0.2, -0.15) is 0 Å². The zero-order valence-corrected chi connectivity index (χ0v) is 18.9. The molecule has 32 heavy (non-hydrogen) atoms. The molecule has 0 bridgehead atoms. The summed E-state index contributed by atoms with van der Waals surface area (Å²) in [5, 5.41) is 14.3. The first-order valence-electron chi connectivity index (χ1n) is 11.0. The summed E-state index contributed by atoms with van der Waals surface area (Å²) in [4.78, 5) is 26.1. The molecule has 0 spiro atoms. The third kappa shape index (κ3) is 5.76. The fraction of sp³-hybridized carbons (Fsp3) is 0.458. The molecular formula is C24H31N3O5. The van der Waals surface area contributed by atoms with Crippen molar-refractivity contribution in [2.45, 2.75) is 52.2 Å². The van der Waals surface area contributed by atoms with E-state index in [0.717, 1.165) is 18.7 Å². The molecule has 1 N–H and O–H groups in total. The highest BCUT2D eigenvalue weighted by molar-refractivity contribution is 5.99. The normalized spacial score (nSPS) is 16.4. The van der Waals surface area contributed by atoms with Gasteiger partial charge in [-0.1, -0.05) is 30.7 Å². The Morgan fingerprint density at radius 3 is 2.53 bits per heavy atom. The predicted octanol–water partition coefficient (Wildman–Crippen LogP) is 4.31. The average Bonchev–Trinajstić information content (AvgIpc) is 2.79. The quantitative estimate of drug-likeness (QED) is 0.460. The van der Waals surface area contributed by atoms with Crippen LogP contribution in [0.15, 0.2) is 36.4 Å². The molecule has 1 heterocycles. The highest BCUT2D eigenvalue weighted by Gasteiger charge is 2.24. The Hall–Kier alpha value is -3.13. The molecule has 0 radical (unpaired) electrons. The Morgan fingerprint density at radius 1 is 1.19 bits per heavy atom. The number of ether oxygens (including phenoxy) is 2. The number of rotatable bonds is 9. The van der Waals surface area contributed by atoms with Crippen LogP contribution in [0.4, 0.5) is 5.69 Å². The zero-order chi connectivity index (χ0) is 23.1. The number of methoxy groups -OCH3 is 1. The first-order chi connectivity index (χ1) is 15.4. The maximum atomic E-state index is 12.7. The van der Waals surface area contributed by atoms with Crippen molar-refractivity contribution < 1.29 is 19.2 Å². The maximum Gasteiger partial charge on any atom is 0.286 e. The maximum absolute atomic E-state index is 12.7. The number of carbonyl (C=O) groups is 1. The molecule has 0 aromatic heterocycles. The molecule has 1 aliphatic heterocycles. The van der Waals surface area contributed by atoms with Crippen LogP contribution < -0.4 is 14.8 Å². The van der Waals surface area contributed by atoms with E-state index in [4.69, 9.17) is 9.47 Å². The second-order valence-corrected chi connectivity index (χ2v) is 8.02. The van der Waals surface area contributed by atoms with Gasteiger partial charge in [0.1, 0.15) is 5.56 Å². The number of likely N-dealkylation sites (tertiary alicyclic amines) is 1. The summed E-state index contributed by atoms with van der Waals surface area (Å²) in [5.74, 6) is -0.0257. The van der Waals surface area contributed by atoms with E-state index in [2.05, 4.69) is 29.3 Å². The molecule has 3 rings (SSSR count). The molecule has 1 saturated heterocycles. The fourth-order valence-electron chi connectivity index (χ4n) is 3.98. The van der Waals surface area contributed by atoms with Crippen LogP contribution in [0.25, 0.3) is 0 Å². The molecule has 1 unspecified atom stereocenters. The van der Waals surface area contributed by atoms with Crippen LogP contribution >= 0.6 is 0 Å². The number of amides is 1. The van der Waals surface area contributed by atoms with Crippen molar-refractivity contribution in [3.63, 3.8) is 0 Å². The number of nitrogens with one attached hydrogen (secondary N) is 1. The topological polar surface area (TPSA) is 93.9 Å². The van der Waals surface area contributed by atoms with Gasteiger partial charge in [0.15, 0.2) is 11.5 Å². The van der Waals surface area contributed by atoms with Gasteiger partial charge >= 0.3 is 0 Å². The summed E-state index contributed by atoms with van der Waals surface area (Å²) < 4.78 is 10.6. The first-order valence-corrected chi connectivity index (χ1v) is 11.0. The molecule has 1 amide bonds. The van der Waals surface area contributed by atoms with Crippen LogP contribution in [0.5, 0.6) is 11.5 Å². The van der Waals surface area contributed by atoms with E-state index < -0.39 is 10.8 Å². The summed E-state index contributed by atoms with van der Waals surface area (Å²) in [7, 11) is 1.40. The van der Waals surface area contributed by atoms with E-state index in [1.54, 1.807) is 6.92 Å². The fourth-order valence-corrected chi connectivity index (χ4v) is 3.98. The van der Waals surface area contributed by atoms with E-state index in [1.807, 2.05) is 12.1 Å². The van der Waals surface area contributed by atoms with Crippen molar-refractivity contribution in [1.82, 2.24) is 10.2 Å². The van der Waals surface area contributed by atoms with Crippen LogP contribution in [0.2, 0.25) is 0 Å². The van der Waals surface area contributed by atoms with Crippen molar-refractivity contribution in [2.75, 3.05) is 20.3 Å². The highest BCUT2D eigenvalue weighted by atomic mass is 16.6. The molecule has 0 saturated carbocycles. The minimum absolute atomic E-state index is 0.0602. The van der Waals surface area contributed by atoms with E-state index in [0.29, 0.717) is 18.4 Å². The lowest BCUT2D eigenvalue weighted by atomic mass is 10.0. The molecule has 172 valence electrons. The van der Waals surface area contributed by atoms with Crippen LogP contribution in [0, 0.1) is 10.1 Å². The van der Waals surface area contributed by atoms with Gasteiger partial charge in [0.25, 0.3) is 11.6 Å². The third-order valence-electron chi connectivity index (χ3n) is 5.83. The van der Waals surface area contributed by atoms with Gasteiger partial charge in [-0.25, -0.2) is 0 Å². The van der Waals surface area contributed by atoms with E-state index in [1.165, 1.54) is 44.1 Å². The minimum Gasteiger partial charge on any atom is -0.493 e. The second-order valence-electron chi connectivity index (χ2n) is 8.02. The summed E-state index contributed by atoms with van der Waals surface area (Å²) in [6.45, 7) is 6.73. The molecule has 8 heteroatoms. The van der Waals surface area contributed by atoms with Gasteiger partial charge in [-0.05, 0) is 44.4 Å². The summed E-state index contributed by atoms with van der Waals surface area (Å²) in [6.07, 6.45) is 3.79. The molecule has 2 aromatic rings. The summed E-state index contributed by atoms with van der Waals surface area (Å²) in [5.41, 5.74) is 1.78. The lowest BCUT2D eigenvalue weighted by molar-refractivity contribution is -0.385. The number of hydrogen-bond donors (Lipinski definition) is 1. The third-order valence-corrected chi connectivity index (χ3v) is 5.83. The minimum atomic E-state index is -0.594. The number of benzene rings is 2. The Morgan fingerprint density at radius 2 is 1.91 bits per heavy atom. The second kappa shape index (κ2) is 10.9. The average molecular weight is 442 g/mol. The number of hydrogen-bond acceptors (Lipinski definition) is 6. The van der Waals surface area contributed by atoms with Gasteiger partial charge in [-0.3, -0.25) is 19.8 Å². The van der Waals surface area contributed by atoms with Crippen LogP contribution in [-0.2, 0) is 13.1 Å². The van der Waals surface area contributed by atoms with Gasteiger partial charge in [-0.15, -0.1) is 0 Å². The first kappa shape index (κ1) is 23.5. The number of nitro benzene ring substituents is 1. The molecule has 2 aromatic carbocycles. The Bertz CT molecular complexity index is 945. The Kier molecular flexibility index (Phi) is 8.05. The largest absolute Gasteiger partial charge is 0.493 e.